The van der Waals surface area contributed by atoms with E-state index in [2.05, 4.69) is 16.8 Å². The zero-order chi connectivity index (χ0) is 21.0. The zero-order valence-electron chi connectivity index (χ0n) is 15.3. The van der Waals surface area contributed by atoms with Crippen LogP contribution >= 0.6 is 34.7 Å². The summed E-state index contributed by atoms with van der Waals surface area (Å²) in [6, 6.07) is 8.03. The summed E-state index contributed by atoms with van der Waals surface area (Å²) in [7, 11) is 1.75. The van der Waals surface area contributed by atoms with Gasteiger partial charge in [0.1, 0.15) is 6.33 Å². The Kier molecular flexibility index (Phi) is 6.68. The van der Waals surface area contributed by atoms with Crippen LogP contribution in [-0.4, -0.2) is 37.0 Å². The quantitative estimate of drug-likeness (QED) is 0.287. The minimum atomic E-state index is -0.508. The monoisotopic (exact) mass is 449 g/mol. The average molecular weight is 450 g/mol. The van der Waals surface area contributed by atoms with Gasteiger partial charge in [-0.05, 0) is 36.0 Å². The van der Waals surface area contributed by atoms with Crippen LogP contribution in [0.3, 0.4) is 0 Å². The highest BCUT2D eigenvalue weighted by Gasteiger charge is 2.23. The van der Waals surface area contributed by atoms with Crippen molar-refractivity contribution in [2.75, 3.05) is 6.54 Å². The predicted octanol–water partition coefficient (Wildman–Crippen LogP) is 4.42. The second-order valence-corrected chi connectivity index (χ2v) is 8.75. The van der Waals surface area contributed by atoms with E-state index in [0.717, 1.165) is 16.6 Å². The first-order valence-electron chi connectivity index (χ1n) is 8.33. The molecule has 11 heteroatoms. The Morgan fingerprint density at radius 3 is 2.83 bits per heavy atom. The molecular formula is C18H16ClN5O3S2. The van der Waals surface area contributed by atoms with Gasteiger partial charge in [0.05, 0.1) is 20.7 Å². The molecule has 1 aromatic carbocycles. The minimum absolute atomic E-state index is 0.165. The third-order valence-electron chi connectivity index (χ3n) is 3.89. The van der Waals surface area contributed by atoms with Crippen molar-refractivity contribution in [2.45, 2.75) is 16.6 Å². The molecule has 150 valence electrons. The largest absolute Gasteiger partial charge is 0.330 e. The number of halogens is 1. The molecule has 0 saturated carbocycles. The molecule has 0 bridgehead atoms. The van der Waals surface area contributed by atoms with E-state index >= 15 is 0 Å². The lowest BCUT2D eigenvalue weighted by atomic mass is 10.1. The lowest BCUT2D eigenvalue weighted by molar-refractivity contribution is -0.387. The Bertz CT molecular complexity index is 1070. The highest BCUT2D eigenvalue weighted by Crippen LogP contribution is 2.34. The van der Waals surface area contributed by atoms with E-state index < -0.39 is 4.92 Å². The highest BCUT2D eigenvalue weighted by atomic mass is 35.5. The molecule has 0 radical (unpaired) electrons. The number of nitro groups is 1. The van der Waals surface area contributed by atoms with E-state index in [9.17, 15) is 14.9 Å². The third kappa shape index (κ3) is 5.03. The number of benzene rings is 1. The molecule has 0 spiro atoms. The van der Waals surface area contributed by atoms with Crippen LogP contribution in [-0.2, 0) is 13.6 Å². The molecular weight excluding hydrogens is 434 g/mol. The molecule has 0 N–H and O–H groups in total. The van der Waals surface area contributed by atoms with Crippen molar-refractivity contribution in [3.63, 3.8) is 0 Å². The molecule has 3 aromatic rings. The molecule has 2 heterocycles. The predicted molar refractivity (Wildman–Crippen MR) is 112 cm³/mol. The van der Waals surface area contributed by atoms with Crippen LogP contribution in [0.25, 0.3) is 0 Å². The third-order valence-corrected chi connectivity index (χ3v) is 6.22. The van der Waals surface area contributed by atoms with Gasteiger partial charge in [-0.25, -0.2) is 0 Å². The second kappa shape index (κ2) is 9.21. The Balaban J connectivity index is 1.88. The van der Waals surface area contributed by atoms with E-state index in [1.165, 1.54) is 23.7 Å². The first kappa shape index (κ1) is 21.0. The number of carbonyl (C=O) groups is 1. The minimum Gasteiger partial charge on any atom is -0.330 e. The molecule has 0 unspecified atom stereocenters. The van der Waals surface area contributed by atoms with Gasteiger partial charge >= 0.3 is 0 Å². The maximum absolute atomic E-state index is 13.0. The lowest BCUT2D eigenvalue weighted by Gasteiger charge is -2.20. The van der Waals surface area contributed by atoms with Gasteiger partial charge in [0.25, 0.3) is 11.6 Å². The average Bonchev–Trinajstić information content (AvgIpc) is 3.29. The molecule has 8 nitrogen and oxygen atoms in total. The summed E-state index contributed by atoms with van der Waals surface area (Å²) in [5.41, 5.74) is 0.0603. The van der Waals surface area contributed by atoms with Gasteiger partial charge in [-0.3, -0.25) is 14.9 Å². The number of carbonyl (C=O) groups excluding carboxylic acids is 1. The molecule has 3 rings (SSSR count). The van der Waals surface area contributed by atoms with Crippen molar-refractivity contribution < 1.29 is 9.72 Å². The number of rotatable bonds is 8. The zero-order valence-corrected chi connectivity index (χ0v) is 17.7. The topological polar surface area (TPSA) is 94.2 Å². The van der Waals surface area contributed by atoms with Gasteiger partial charge in [0.2, 0.25) is 0 Å². The first-order valence-corrected chi connectivity index (χ1v) is 10.3. The van der Waals surface area contributed by atoms with E-state index in [-0.39, 0.29) is 17.2 Å². The van der Waals surface area contributed by atoms with Gasteiger partial charge < -0.3 is 9.47 Å². The van der Waals surface area contributed by atoms with Crippen LogP contribution in [0.1, 0.15) is 15.2 Å². The Labute approximate surface area is 180 Å². The smallest absolute Gasteiger partial charge is 0.284 e. The van der Waals surface area contributed by atoms with Gasteiger partial charge in [-0.15, -0.1) is 28.1 Å². The summed E-state index contributed by atoms with van der Waals surface area (Å²) in [6.07, 6.45) is 3.12. The molecule has 29 heavy (non-hydrogen) atoms. The number of nitrogens with zero attached hydrogens (tertiary/aromatic N) is 5. The molecule has 0 atom stereocenters. The maximum atomic E-state index is 13.0. The standard InChI is InChI=1S/C18H16ClN5O3S2/c1-3-8-23(10-13-5-7-16(19)28-13)17(25)12-4-6-15(14(9-12)24(26)27)29-18-21-20-11-22(18)2/h3-7,9,11H,1,8,10H2,2H3. The van der Waals surface area contributed by atoms with Crippen LogP contribution in [0.15, 0.2) is 59.4 Å². The molecule has 0 aliphatic rings. The van der Waals surface area contributed by atoms with Crippen LogP contribution < -0.4 is 0 Å². The normalized spacial score (nSPS) is 10.7. The second-order valence-electron chi connectivity index (χ2n) is 5.95. The fraction of sp³-hybridized carbons (Fsp3) is 0.167. The molecule has 1 amide bonds. The van der Waals surface area contributed by atoms with Gasteiger partial charge in [-0.2, -0.15) is 0 Å². The van der Waals surface area contributed by atoms with Crippen LogP contribution in [0.5, 0.6) is 0 Å². The number of thiophene rings is 1. The fourth-order valence-electron chi connectivity index (χ4n) is 2.53. The molecule has 2 aromatic heterocycles. The number of aryl methyl sites for hydroxylation is 1. The van der Waals surface area contributed by atoms with Gasteiger partial charge in [-0.1, -0.05) is 17.7 Å². The summed E-state index contributed by atoms with van der Waals surface area (Å²) in [5.74, 6) is -0.326. The van der Waals surface area contributed by atoms with E-state index in [0.29, 0.717) is 27.5 Å². The number of amides is 1. The molecule has 0 aliphatic carbocycles. The van der Waals surface area contributed by atoms with Crippen molar-refractivity contribution in [3.8, 4) is 0 Å². The fourth-order valence-corrected chi connectivity index (χ4v) is 4.48. The summed E-state index contributed by atoms with van der Waals surface area (Å²) in [4.78, 5) is 26.9. The van der Waals surface area contributed by atoms with Crippen LogP contribution in [0.4, 0.5) is 5.69 Å². The van der Waals surface area contributed by atoms with Crippen molar-refractivity contribution >= 4 is 46.3 Å². The SMILES string of the molecule is C=CCN(Cc1ccc(Cl)s1)C(=O)c1ccc(Sc2nncn2C)c([N+](=O)[O-])c1. The maximum Gasteiger partial charge on any atom is 0.284 e. The molecule has 0 saturated heterocycles. The number of nitro benzene ring substituents is 1. The van der Waals surface area contributed by atoms with Crippen molar-refractivity contribution in [2.24, 2.45) is 7.05 Å². The van der Waals surface area contributed by atoms with Gasteiger partial charge in [0, 0.05) is 30.1 Å². The van der Waals surface area contributed by atoms with Gasteiger partial charge in [0.15, 0.2) is 5.16 Å². The summed E-state index contributed by atoms with van der Waals surface area (Å²) in [6.45, 7) is 4.33. The van der Waals surface area contributed by atoms with Crippen LogP contribution in [0.2, 0.25) is 4.34 Å². The highest BCUT2D eigenvalue weighted by molar-refractivity contribution is 7.99. The Hall–Kier alpha value is -2.69. The van der Waals surface area contributed by atoms with E-state index in [4.69, 9.17) is 11.6 Å². The Morgan fingerprint density at radius 2 is 2.24 bits per heavy atom. The van der Waals surface area contributed by atoms with Crippen molar-refractivity contribution in [3.05, 3.63) is 74.2 Å². The molecule has 0 aliphatic heterocycles. The number of hydrogen-bond acceptors (Lipinski definition) is 7. The van der Waals surface area contributed by atoms with Crippen molar-refractivity contribution in [1.29, 1.82) is 0 Å². The summed E-state index contributed by atoms with van der Waals surface area (Å²) < 4.78 is 2.29. The lowest BCUT2D eigenvalue weighted by Crippen LogP contribution is -2.30. The van der Waals surface area contributed by atoms with Crippen LogP contribution in [0, 0.1) is 10.1 Å². The number of aromatic nitrogens is 3. The van der Waals surface area contributed by atoms with E-state index in [1.807, 2.05) is 6.07 Å². The summed E-state index contributed by atoms with van der Waals surface area (Å²) in [5, 5.41) is 19.8. The first-order chi connectivity index (χ1) is 13.9. The summed E-state index contributed by atoms with van der Waals surface area (Å²) >= 11 is 8.46. The number of hydrogen-bond donors (Lipinski definition) is 0. The van der Waals surface area contributed by atoms with E-state index in [1.54, 1.807) is 40.8 Å². The molecule has 0 fully saturated rings. The van der Waals surface area contributed by atoms with Crippen molar-refractivity contribution in [1.82, 2.24) is 19.7 Å². The Morgan fingerprint density at radius 1 is 1.45 bits per heavy atom.